The van der Waals surface area contributed by atoms with Crippen LogP contribution in [0.3, 0.4) is 0 Å². The molecule has 128 valence electrons. The lowest BCUT2D eigenvalue weighted by molar-refractivity contribution is 0.102. The fourth-order valence-electron chi connectivity index (χ4n) is 2.47. The summed E-state index contributed by atoms with van der Waals surface area (Å²) < 4.78 is 1.74. The van der Waals surface area contributed by atoms with E-state index in [0.717, 1.165) is 17.0 Å². The molecule has 3 aromatic heterocycles. The van der Waals surface area contributed by atoms with Crippen LogP contribution in [0.4, 0.5) is 5.13 Å². The number of anilines is 1. The number of carbonyl (C=O) groups excluding carboxylic acids is 1. The highest BCUT2D eigenvalue weighted by atomic mass is 32.1. The molecule has 0 aliphatic rings. The molecule has 0 atom stereocenters. The predicted octanol–water partition coefficient (Wildman–Crippen LogP) is 3.70. The maximum absolute atomic E-state index is 12.4. The van der Waals surface area contributed by atoms with Crippen molar-refractivity contribution in [3.05, 3.63) is 83.6 Å². The minimum Gasteiger partial charge on any atom is -0.298 e. The molecule has 0 radical (unpaired) electrons. The SMILES string of the molecule is O=C(Nc1nc(-c2ccccn2)cs1)c1cnn(Cc2ccccc2)c1. The van der Waals surface area contributed by atoms with E-state index in [9.17, 15) is 4.79 Å². The van der Waals surface area contributed by atoms with Gasteiger partial charge in [-0.15, -0.1) is 11.3 Å². The zero-order valence-electron chi connectivity index (χ0n) is 13.7. The van der Waals surface area contributed by atoms with Gasteiger partial charge in [-0.3, -0.25) is 19.8 Å². The number of aromatic nitrogens is 4. The normalized spacial score (nSPS) is 10.6. The minimum atomic E-state index is -0.230. The summed E-state index contributed by atoms with van der Waals surface area (Å²) in [5, 5.41) is 9.47. The van der Waals surface area contributed by atoms with Crippen molar-refractivity contribution in [3.8, 4) is 11.4 Å². The molecular formula is C19H15N5OS. The summed E-state index contributed by atoms with van der Waals surface area (Å²) in [4.78, 5) is 21.1. The molecule has 4 aromatic rings. The first-order chi connectivity index (χ1) is 12.8. The number of carbonyl (C=O) groups is 1. The largest absolute Gasteiger partial charge is 0.298 e. The summed E-state index contributed by atoms with van der Waals surface area (Å²) in [6.45, 7) is 0.620. The van der Waals surface area contributed by atoms with Crippen LogP contribution in [-0.2, 0) is 6.54 Å². The van der Waals surface area contributed by atoms with Crippen molar-refractivity contribution in [2.45, 2.75) is 6.54 Å². The third-order valence-corrected chi connectivity index (χ3v) is 4.49. The van der Waals surface area contributed by atoms with Gasteiger partial charge in [0.15, 0.2) is 5.13 Å². The molecule has 0 saturated carbocycles. The number of pyridine rings is 1. The molecule has 0 fully saturated rings. The van der Waals surface area contributed by atoms with Crippen molar-refractivity contribution in [3.63, 3.8) is 0 Å². The number of thiazole rings is 1. The summed E-state index contributed by atoms with van der Waals surface area (Å²) in [5.74, 6) is -0.230. The van der Waals surface area contributed by atoms with E-state index in [1.807, 2.05) is 53.9 Å². The van der Waals surface area contributed by atoms with E-state index in [1.54, 1.807) is 23.3 Å². The maximum Gasteiger partial charge on any atom is 0.260 e. The first kappa shape index (κ1) is 16.2. The number of benzene rings is 1. The van der Waals surface area contributed by atoms with Gasteiger partial charge >= 0.3 is 0 Å². The van der Waals surface area contributed by atoms with E-state index in [-0.39, 0.29) is 5.91 Å². The molecule has 4 rings (SSSR count). The van der Waals surface area contributed by atoms with Crippen molar-refractivity contribution in [1.29, 1.82) is 0 Å². The smallest absolute Gasteiger partial charge is 0.260 e. The first-order valence-corrected chi connectivity index (χ1v) is 8.90. The Balaban J connectivity index is 1.43. The van der Waals surface area contributed by atoms with E-state index in [0.29, 0.717) is 17.2 Å². The third-order valence-electron chi connectivity index (χ3n) is 3.73. The highest BCUT2D eigenvalue weighted by Gasteiger charge is 2.12. The van der Waals surface area contributed by atoms with Gasteiger partial charge in [0.2, 0.25) is 0 Å². The summed E-state index contributed by atoms with van der Waals surface area (Å²) in [5.41, 5.74) is 3.14. The Morgan fingerprint density at radius 3 is 2.73 bits per heavy atom. The molecular weight excluding hydrogens is 346 g/mol. The lowest BCUT2D eigenvalue weighted by Crippen LogP contribution is -2.11. The molecule has 3 heterocycles. The van der Waals surface area contributed by atoms with Crippen molar-refractivity contribution in [2.24, 2.45) is 0 Å². The lowest BCUT2D eigenvalue weighted by Gasteiger charge is -2.01. The summed E-state index contributed by atoms with van der Waals surface area (Å²) in [6, 6.07) is 15.6. The second kappa shape index (κ2) is 7.28. The van der Waals surface area contributed by atoms with Crippen LogP contribution in [0.5, 0.6) is 0 Å². The lowest BCUT2D eigenvalue weighted by atomic mass is 10.2. The quantitative estimate of drug-likeness (QED) is 0.588. The van der Waals surface area contributed by atoms with E-state index in [4.69, 9.17) is 0 Å². The Morgan fingerprint density at radius 2 is 1.92 bits per heavy atom. The van der Waals surface area contributed by atoms with E-state index in [1.165, 1.54) is 11.3 Å². The number of nitrogens with one attached hydrogen (secondary N) is 1. The van der Waals surface area contributed by atoms with E-state index < -0.39 is 0 Å². The fraction of sp³-hybridized carbons (Fsp3) is 0.0526. The number of amides is 1. The van der Waals surface area contributed by atoms with Crippen LogP contribution >= 0.6 is 11.3 Å². The Hall–Kier alpha value is -3.32. The number of hydrogen-bond acceptors (Lipinski definition) is 5. The van der Waals surface area contributed by atoms with Crippen LogP contribution in [0, 0.1) is 0 Å². The molecule has 0 spiro atoms. The standard InChI is InChI=1S/C19H15N5OS/c25-18(15-10-21-24(12-15)11-14-6-2-1-3-7-14)23-19-22-17(13-26-19)16-8-4-5-9-20-16/h1-10,12-13H,11H2,(H,22,23,25). The van der Waals surface area contributed by atoms with Gasteiger partial charge < -0.3 is 0 Å². The van der Waals surface area contributed by atoms with Crippen molar-refractivity contribution >= 4 is 22.4 Å². The first-order valence-electron chi connectivity index (χ1n) is 8.02. The number of rotatable bonds is 5. The van der Waals surface area contributed by atoms with Crippen LogP contribution in [0.25, 0.3) is 11.4 Å². The summed E-state index contributed by atoms with van der Waals surface area (Å²) in [7, 11) is 0. The van der Waals surface area contributed by atoms with Crippen LogP contribution < -0.4 is 5.32 Å². The maximum atomic E-state index is 12.4. The molecule has 0 unspecified atom stereocenters. The molecule has 0 bridgehead atoms. The Kier molecular flexibility index (Phi) is 4.53. The summed E-state index contributed by atoms with van der Waals surface area (Å²) >= 11 is 1.37. The van der Waals surface area contributed by atoms with Crippen molar-refractivity contribution < 1.29 is 4.79 Å². The second-order valence-corrected chi connectivity index (χ2v) is 6.48. The number of nitrogens with zero attached hydrogens (tertiary/aromatic N) is 4. The Labute approximate surface area is 154 Å². The minimum absolute atomic E-state index is 0.230. The zero-order valence-corrected chi connectivity index (χ0v) is 14.6. The highest BCUT2D eigenvalue weighted by molar-refractivity contribution is 7.14. The van der Waals surface area contributed by atoms with Gasteiger partial charge in [0.25, 0.3) is 5.91 Å². The van der Waals surface area contributed by atoms with E-state index in [2.05, 4.69) is 20.4 Å². The third kappa shape index (κ3) is 3.68. The number of hydrogen-bond donors (Lipinski definition) is 1. The summed E-state index contributed by atoms with van der Waals surface area (Å²) in [6.07, 6.45) is 5.01. The van der Waals surface area contributed by atoms with Gasteiger partial charge in [0.05, 0.1) is 24.0 Å². The van der Waals surface area contributed by atoms with Gasteiger partial charge in [-0.05, 0) is 17.7 Å². The van der Waals surface area contributed by atoms with Crippen LogP contribution in [0.15, 0.2) is 72.5 Å². The Morgan fingerprint density at radius 1 is 1.08 bits per heavy atom. The van der Waals surface area contributed by atoms with Gasteiger partial charge in [0.1, 0.15) is 5.69 Å². The Bertz CT molecular complexity index is 1010. The molecule has 1 N–H and O–H groups in total. The molecule has 0 saturated heterocycles. The fourth-order valence-corrected chi connectivity index (χ4v) is 3.17. The van der Waals surface area contributed by atoms with Gasteiger partial charge in [0, 0.05) is 17.8 Å². The molecule has 7 heteroatoms. The molecule has 1 aromatic carbocycles. The molecule has 26 heavy (non-hydrogen) atoms. The van der Waals surface area contributed by atoms with Crippen LogP contribution in [0.1, 0.15) is 15.9 Å². The monoisotopic (exact) mass is 361 g/mol. The van der Waals surface area contributed by atoms with Crippen molar-refractivity contribution in [2.75, 3.05) is 5.32 Å². The molecule has 1 amide bonds. The predicted molar refractivity (Wildman–Crippen MR) is 101 cm³/mol. The van der Waals surface area contributed by atoms with Crippen LogP contribution in [-0.4, -0.2) is 25.7 Å². The van der Waals surface area contributed by atoms with Gasteiger partial charge in [-0.2, -0.15) is 5.10 Å². The highest BCUT2D eigenvalue weighted by Crippen LogP contribution is 2.23. The van der Waals surface area contributed by atoms with Gasteiger partial charge in [-0.1, -0.05) is 36.4 Å². The average molecular weight is 361 g/mol. The second-order valence-electron chi connectivity index (χ2n) is 5.62. The topological polar surface area (TPSA) is 72.7 Å². The zero-order chi connectivity index (χ0) is 17.8. The van der Waals surface area contributed by atoms with Crippen molar-refractivity contribution in [1.82, 2.24) is 19.7 Å². The molecule has 0 aliphatic heterocycles. The van der Waals surface area contributed by atoms with Crippen LogP contribution in [0.2, 0.25) is 0 Å². The molecule has 0 aliphatic carbocycles. The van der Waals surface area contributed by atoms with Gasteiger partial charge in [-0.25, -0.2) is 4.98 Å². The average Bonchev–Trinajstić information content (AvgIpc) is 3.33. The molecule has 6 nitrogen and oxygen atoms in total. The van der Waals surface area contributed by atoms with E-state index >= 15 is 0 Å².